The molecule has 1 aliphatic carbocycles. The Morgan fingerprint density at radius 1 is 1.45 bits per heavy atom. The molecule has 1 amide bonds. The zero-order chi connectivity index (χ0) is 14.1. The first kappa shape index (κ1) is 12.9. The summed E-state index contributed by atoms with van der Waals surface area (Å²) < 4.78 is 5.35. The summed E-state index contributed by atoms with van der Waals surface area (Å²) in [4.78, 5) is 16.4. The van der Waals surface area contributed by atoms with Gasteiger partial charge in [-0.15, -0.1) is 0 Å². The highest BCUT2D eigenvalue weighted by molar-refractivity contribution is 6.15. The van der Waals surface area contributed by atoms with Crippen molar-refractivity contribution in [2.24, 2.45) is 10.9 Å². The summed E-state index contributed by atoms with van der Waals surface area (Å²) >= 11 is 0. The summed E-state index contributed by atoms with van der Waals surface area (Å²) in [6.45, 7) is 2.10. The second-order valence-electron chi connectivity index (χ2n) is 5.18. The molecule has 4 nitrogen and oxygen atoms in total. The normalized spacial score (nSPS) is 20.0. The summed E-state index contributed by atoms with van der Waals surface area (Å²) in [6.07, 6.45) is 5.01. The maximum atomic E-state index is 11.9. The minimum Gasteiger partial charge on any atom is -0.496 e. The van der Waals surface area contributed by atoms with Crippen molar-refractivity contribution in [3.05, 3.63) is 35.0 Å². The molecule has 1 heterocycles. The fraction of sp³-hybridized carbons (Fsp3) is 0.375. The first-order valence-corrected chi connectivity index (χ1v) is 6.99. The Morgan fingerprint density at radius 3 is 2.90 bits per heavy atom. The topological polar surface area (TPSA) is 50.7 Å². The number of amidine groups is 1. The van der Waals surface area contributed by atoms with Gasteiger partial charge in [-0.3, -0.25) is 4.79 Å². The fourth-order valence-corrected chi connectivity index (χ4v) is 2.30. The van der Waals surface area contributed by atoms with Gasteiger partial charge in [0.1, 0.15) is 17.3 Å². The average Bonchev–Trinajstić information content (AvgIpc) is 3.25. The summed E-state index contributed by atoms with van der Waals surface area (Å²) in [5, 5.41) is 2.85. The number of rotatable bonds is 4. The predicted octanol–water partition coefficient (Wildman–Crippen LogP) is 2.54. The van der Waals surface area contributed by atoms with Crippen molar-refractivity contribution in [2.45, 2.75) is 26.2 Å². The van der Waals surface area contributed by atoms with Gasteiger partial charge < -0.3 is 10.1 Å². The van der Waals surface area contributed by atoms with Gasteiger partial charge in [0.2, 0.25) is 0 Å². The maximum absolute atomic E-state index is 11.9. The molecule has 1 fully saturated rings. The lowest BCUT2D eigenvalue weighted by atomic mass is 10.1. The third-order valence-corrected chi connectivity index (χ3v) is 3.67. The summed E-state index contributed by atoms with van der Waals surface area (Å²) in [6, 6.07) is 6.02. The maximum Gasteiger partial charge on any atom is 0.275 e. The van der Waals surface area contributed by atoms with E-state index in [0.717, 1.165) is 36.4 Å². The highest BCUT2D eigenvalue weighted by Crippen LogP contribution is 2.32. The third kappa shape index (κ3) is 2.46. The van der Waals surface area contributed by atoms with Gasteiger partial charge in [0, 0.05) is 11.5 Å². The number of carbonyl (C=O) groups excluding carboxylic acids is 1. The molecule has 0 atom stereocenters. The molecule has 3 rings (SSSR count). The molecular formula is C16H18N2O2. The first-order valence-electron chi connectivity index (χ1n) is 6.99. The van der Waals surface area contributed by atoms with Gasteiger partial charge in [0.05, 0.1) is 7.11 Å². The number of nitrogens with zero attached hydrogens (tertiary/aromatic N) is 1. The number of carbonyl (C=O) groups is 1. The van der Waals surface area contributed by atoms with E-state index in [4.69, 9.17) is 4.74 Å². The highest BCUT2D eigenvalue weighted by Gasteiger charge is 2.33. The Balaban J connectivity index is 1.96. The predicted molar refractivity (Wildman–Crippen MR) is 78.7 cm³/mol. The van der Waals surface area contributed by atoms with Gasteiger partial charge in [0.25, 0.3) is 5.91 Å². The average molecular weight is 270 g/mol. The second kappa shape index (κ2) is 5.12. The molecule has 0 bridgehead atoms. The van der Waals surface area contributed by atoms with Crippen LogP contribution in [0.4, 0.5) is 0 Å². The van der Waals surface area contributed by atoms with Crippen molar-refractivity contribution in [3.63, 3.8) is 0 Å². The van der Waals surface area contributed by atoms with Crippen molar-refractivity contribution in [2.75, 3.05) is 7.11 Å². The Hall–Kier alpha value is -2.10. The van der Waals surface area contributed by atoms with Crippen LogP contribution in [0.2, 0.25) is 0 Å². The first-order chi connectivity index (χ1) is 9.71. The van der Waals surface area contributed by atoms with Crippen molar-refractivity contribution >= 4 is 17.8 Å². The van der Waals surface area contributed by atoms with E-state index in [9.17, 15) is 4.79 Å². The number of nitrogens with one attached hydrogen (secondary N) is 1. The van der Waals surface area contributed by atoms with E-state index in [0.29, 0.717) is 11.6 Å². The Bertz CT molecular complexity index is 613. The van der Waals surface area contributed by atoms with Gasteiger partial charge >= 0.3 is 0 Å². The summed E-state index contributed by atoms with van der Waals surface area (Å²) in [7, 11) is 1.64. The van der Waals surface area contributed by atoms with E-state index in [1.54, 1.807) is 7.11 Å². The Kier molecular flexibility index (Phi) is 3.30. The molecule has 4 heteroatoms. The Labute approximate surface area is 118 Å². The van der Waals surface area contributed by atoms with Gasteiger partial charge in [-0.25, -0.2) is 4.99 Å². The molecule has 0 saturated heterocycles. The SMILES string of the molecule is CCc1ccc(OC)c(/C=C2/N=C(C3CC3)NC2=O)c1. The zero-order valence-electron chi connectivity index (χ0n) is 11.8. The van der Waals surface area contributed by atoms with Crippen molar-refractivity contribution in [3.8, 4) is 5.75 Å². The largest absolute Gasteiger partial charge is 0.496 e. The van der Waals surface area contributed by atoms with Crippen LogP contribution in [0, 0.1) is 5.92 Å². The molecule has 104 valence electrons. The summed E-state index contributed by atoms with van der Waals surface area (Å²) in [5.41, 5.74) is 2.58. The number of aliphatic imine (C=N–C) groups is 1. The molecule has 0 unspecified atom stereocenters. The van der Waals surface area contributed by atoms with Crippen LogP contribution in [0.3, 0.4) is 0 Å². The molecule has 0 radical (unpaired) electrons. The number of ether oxygens (including phenoxy) is 1. The molecule has 1 aromatic rings. The van der Waals surface area contributed by atoms with Crippen LogP contribution < -0.4 is 10.1 Å². The van der Waals surface area contributed by atoms with E-state index in [1.807, 2.05) is 24.3 Å². The molecule has 0 aromatic heterocycles. The molecule has 1 N–H and O–H groups in total. The van der Waals surface area contributed by atoms with Crippen LogP contribution in [0.5, 0.6) is 5.75 Å². The molecule has 1 saturated carbocycles. The number of methoxy groups -OCH3 is 1. The van der Waals surface area contributed by atoms with E-state index >= 15 is 0 Å². The molecule has 1 aromatic carbocycles. The molecule has 2 aliphatic rings. The lowest BCUT2D eigenvalue weighted by molar-refractivity contribution is -0.115. The van der Waals surface area contributed by atoms with Gasteiger partial charge in [-0.1, -0.05) is 13.0 Å². The van der Waals surface area contributed by atoms with Gasteiger partial charge in [-0.05, 0) is 43.0 Å². The van der Waals surface area contributed by atoms with Crippen molar-refractivity contribution in [1.82, 2.24) is 5.32 Å². The minimum absolute atomic E-state index is 0.115. The van der Waals surface area contributed by atoms with Crippen LogP contribution in [-0.2, 0) is 11.2 Å². The number of aryl methyl sites for hydroxylation is 1. The monoisotopic (exact) mass is 270 g/mol. The molecular weight excluding hydrogens is 252 g/mol. The molecule has 0 spiro atoms. The van der Waals surface area contributed by atoms with Crippen LogP contribution in [-0.4, -0.2) is 18.9 Å². The van der Waals surface area contributed by atoms with Crippen LogP contribution in [0.15, 0.2) is 28.9 Å². The van der Waals surface area contributed by atoms with Crippen molar-refractivity contribution < 1.29 is 9.53 Å². The number of hydrogen-bond donors (Lipinski definition) is 1. The smallest absolute Gasteiger partial charge is 0.275 e. The third-order valence-electron chi connectivity index (χ3n) is 3.67. The van der Waals surface area contributed by atoms with E-state index < -0.39 is 0 Å². The lowest BCUT2D eigenvalue weighted by Crippen LogP contribution is -2.25. The summed E-state index contributed by atoms with van der Waals surface area (Å²) in [5.74, 6) is 1.93. The van der Waals surface area contributed by atoms with E-state index in [2.05, 4.69) is 17.2 Å². The van der Waals surface area contributed by atoms with Crippen LogP contribution >= 0.6 is 0 Å². The minimum atomic E-state index is -0.115. The van der Waals surface area contributed by atoms with Gasteiger partial charge in [0.15, 0.2) is 0 Å². The van der Waals surface area contributed by atoms with E-state index in [1.165, 1.54) is 5.56 Å². The van der Waals surface area contributed by atoms with Crippen LogP contribution in [0.1, 0.15) is 30.9 Å². The zero-order valence-corrected chi connectivity index (χ0v) is 11.8. The quantitative estimate of drug-likeness (QED) is 0.855. The standard InChI is InChI=1S/C16H18N2O2/c1-3-10-4-7-14(20-2)12(8-10)9-13-16(19)18-15(17-13)11-5-6-11/h4,7-9,11H,3,5-6H2,1-2H3,(H,17,18,19)/b13-9+. The van der Waals surface area contributed by atoms with Gasteiger partial charge in [-0.2, -0.15) is 0 Å². The highest BCUT2D eigenvalue weighted by atomic mass is 16.5. The Morgan fingerprint density at radius 2 is 2.25 bits per heavy atom. The number of benzene rings is 1. The molecule has 20 heavy (non-hydrogen) atoms. The van der Waals surface area contributed by atoms with E-state index in [-0.39, 0.29) is 5.91 Å². The second-order valence-corrected chi connectivity index (χ2v) is 5.18. The number of hydrogen-bond acceptors (Lipinski definition) is 3. The number of amides is 1. The van der Waals surface area contributed by atoms with Crippen molar-refractivity contribution in [1.29, 1.82) is 0 Å². The molecule has 1 aliphatic heterocycles. The fourth-order valence-electron chi connectivity index (χ4n) is 2.30. The van der Waals surface area contributed by atoms with Crippen LogP contribution in [0.25, 0.3) is 6.08 Å². The lowest BCUT2D eigenvalue weighted by Gasteiger charge is -2.07.